The lowest BCUT2D eigenvalue weighted by Crippen LogP contribution is -1.95. The largest absolute Gasteiger partial charge is 0.377 e. The lowest BCUT2D eigenvalue weighted by atomic mass is 10.2. The highest BCUT2D eigenvalue weighted by Gasteiger charge is 1.95. The minimum atomic E-state index is 0.442. The molecule has 0 spiro atoms. The fourth-order valence-electron chi connectivity index (χ4n) is 0.960. The molecule has 0 aliphatic carbocycles. The number of nitriles is 1. The van der Waals surface area contributed by atoms with Crippen molar-refractivity contribution in [3.63, 3.8) is 0 Å². The smallest absolute Gasteiger partial charge is 0.140 e. The van der Waals surface area contributed by atoms with Crippen LogP contribution >= 0.6 is 0 Å². The van der Waals surface area contributed by atoms with Crippen molar-refractivity contribution in [1.82, 2.24) is 4.98 Å². The summed E-state index contributed by atoms with van der Waals surface area (Å²) in [6.45, 7) is 3.38. The summed E-state index contributed by atoms with van der Waals surface area (Å²) in [6, 6.07) is 5.59. The summed E-state index contributed by atoms with van der Waals surface area (Å²) < 4.78 is 5.33. The van der Waals surface area contributed by atoms with Gasteiger partial charge in [-0.25, -0.2) is 4.98 Å². The van der Waals surface area contributed by atoms with Crippen LogP contribution in [0.5, 0.6) is 0 Å². The molecule has 0 saturated heterocycles. The van der Waals surface area contributed by atoms with Gasteiger partial charge < -0.3 is 4.74 Å². The summed E-state index contributed by atoms with van der Waals surface area (Å²) >= 11 is 0. The zero-order chi connectivity index (χ0) is 9.52. The van der Waals surface area contributed by atoms with E-state index < -0.39 is 0 Å². The van der Waals surface area contributed by atoms with E-state index in [2.05, 4.69) is 11.9 Å². The average Bonchev–Trinajstić information content (AvgIpc) is 2.19. The predicted molar refractivity (Wildman–Crippen MR) is 48.9 cm³/mol. The molecular weight excluding hydrogens is 164 g/mol. The van der Waals surface area contributed by atoms with Crippen molar-refractivity contribution < 1.29 is 4.74 Å². The number of hydrogen-bond acceptors (Lipinski definition) is 3. The molecule has 0 saturated carbocycles. The molecule has 68 valence electrons. The van der Waals surface area contributed by atoms with Gasteiger partial charge >= 0.3 is 0 Å². The molecule has 0 aromatic carbocycles. The van der Waals surface area contributed by atoms with Gasteiger partial charge in [0.15, 0.2) is 0 Å². The highest BCUT2D eigenvalue weighted by Crippen LogP contribution is 2.02. The maximum atomic E-state index is 8.58. The highest BCUT2D eigenvalue weighted by molar-refractivity contribution is 5.24. The standard InChI is InChI=1S/C10H12N2O/c1-2-5-13-8-9-3-4-12-10(6-9)7-11/h3-4,6H,2,5,8H2,1H3. The van der Waals surface area contributed by atoms with Gasteiger partial charge in [-0.3, -0.25) is 0 Å². The van der Waals surface area contributed by atoms with Crippen LogP contribution < -0.4 is 0 Å². The molecule has 0 bridgehead atoms. The molecule has 3 nitrogen and oxygen atoms in total. The number of nitrogens with zero attached hydrogens (tertiary/aromatic N) is 2. The topological polar surface area (TPSA) is 45.9 Å². The van der Waals surface area contributed by atoms with E-state index in [9.17, 15) is 0 Å². The Bertz CT molecular complexity index is 304. The molecule has 0 fully saturated rings. The van der Waals surface area contributed by atoms with E-state index in [1.54, 1.807) is 12.3 Å². The summed E-state index contributed by atoms with van der Waals surface area (Å²) in [4.78, 5) is 3.87. The SMILES string of the molecule is CCCOCc1ccnc(C#N)c1. The Morgan fingerprint density at radius 1 is 1.62 bits per heavy atom. The second-order valence-corrected chi connectivity index (χ2v) is 2.71. The lowest BCUT2D eigenvalue weighted by Gasteiger charge is -2.01. The van der Waals surface area contributed by atoms with Crippen LogP contribution in [0.4, 0.5) is 0 Å². The van der Waals surface area contributed by atoms with Crippen LogP contribution in [0.25, 0.3) is 0 Å². The van der Waals surface area contributed by atoms with Gasteiger partial charge in [-0.2, -0.15) is 5.26 Å². The van der Waals surface area contributed by atoms with Crippen molar-refractivity contribution in [2.45, 2.75) is 20.0 Å². The number of pyridine rings is 1. The Labute approximate surface area is 78.0 Å². The van der Waals surface area contributed by atoms with Gasteiger partial charge in [0.2, 0.25) is 0 Å². The van der Waals surface area contributed by atoms with Gasteiger partial charge in [-0.15, -0.1) is 0 Å². The summed E-state index contributed by atoms with van der Waals surface area (Å²) in [5.74, 6) is 0. The molecule has 0 N–H and O–H groups in total. The maximum absolute atomic E-state index is 8.58. The molecular formula is C10H12N2O. The molecule has 1 heterocycles. The third kappa shape index (κ3) is 3.22. The first kappa shape index (κ1) is 9.69. The van der Waals surface area contributed by atoms with Crippen molar-refractivity contribution in [3.8, 4) is 6.07 Å². The van der Waals surface area contributed by atoms with E-state index in [-0.39, 0.29) is 0 Å². The summed E-state index contributed by atoms with van der Waals surface area (Å²) in [5.41, 5.74) is 1.44. The predicted octanol–water partition coefficient (Wildman–Crippen LogP) is 1.88. The number of rotatable bonds is 4. The Hall–Kier alpha value is -1.40. The average molecular weight is 176 g/mol. The number of aromatic nitrogens is 1. The first-order valence-corrected chi connectivity index (χ1v) is 4.29. The van der Waals surface area contributed by atoms with E-state index in [0.29, 0.717) is 12.3 Å². The molecule has 1 aromatic rings. The van der Waals surface area contributed by atoms with Crippen molar-refractivity contribution in [1.29, 1.82) is 5.26 Å². The maximum Gasteiger partial charge on any atom is 0.140 e. The van der Waals surface area contributed by atoms with Crippen molar-refractivity contribution in [3.05, 3.63) is 29.6 Å². The minimum absolute atomic E-state index is 0.442. The third-order valence-corrected chi connectivity index (χ3v) is 1.56. The Morgan fingerprint density at radius 2 is 2.46 bits per heavy atom. The van der Waals surface area contributed by atoms with Crippen LogP contribution in [-0.4, -0.2) is 11.6 Å². The second kappa shape index (κ2) is 5.28. The van der Waals surface area contributed by atoms with Crippen LogP contribution in [0.2, 0.25) is 0 Å². The van der Waals surface area contributed by atoms with Gasteiger partial charge in [-0.1, -0.05) is 6.92 Å². The van der Waals surface area contributed by atoms with E-state index in [1.807, 2.05) is 12.1 Å². The summed E-state index contributed by atoms with van der Waals surface area (Å²) in [5, 5.41) is 8.58. The minimum Gasteiger partial charge on any atom is -0.377 e. The van der Waals surface area contributed by atoms with Gasteiger partial charge in [0, 0.05) is 12.8 Å². The first-order chi connectivity index (χ1) is 6.36. The molecule has 0 amide bonds. The normalized spacial score (nSPS) is 9.54. The molecule has 1 rings (SSSR count). The Kier molecular flexibility index (Phi) is 3.94. The zero-order valence-corrected chi connectivity index (χ0v) is 7.66. The molecule has 0 aliphatic rings. The highest BCUT2D eigenvalue weighted by atomic mass is 16.5. The van der Waals surface area contributed by atoms with Crippen molar-refractivity contribution in [2.24, 2.45) is 0 Å². The second-order valence-electron chi connectivity index (χ2n) is 2.71. The monoisotopic (exact) mass is 176 g/mol. The zero-order valence-electron chi connectivity index (χ0n) is 7.66. The van der Waals surface area contributed by atoms with Gasteiger partial charge in [0.1, 0.15) is 11.8 Å². The molecule has 0 atom stereocenters. The summed E-state index contributed by atoms with van der Waals surface area (Å²) in [6.07, 6.45) is 2.64. The third-order valence-electron chi connectivity index (χ3n) is 1.56. The Balaban J connectivity index is 2.52. The molecule has 0 radical (unpaired) electrons. The van der Waals surface area contributed by atoms with Gasteiger partial charge in [0.05, 0.1) is 6.61 Å². The van der Waals surface area contributed by atoms with Crippen LogP contribution in [0.1, 0.15) is 24.6 Å². The molecule has 1 aromatic heterocycles. The number of hydrogen-bond donors (Lipinski definition) is 0. The molecule has 0 aliphatic heterocycles. The van der Waals surface area contributed by atoms with E-state index in [4.69, 9.17) is 10.00 Å². The van der Waals surface area contributed by atoms with Crippen molar-refractivity contribution in [2.75, 3.05) is 6.61 Å². The Morgan fingerprint density at radius 3 is 3.15 bits per heavy atom. The molecule has 3 heteroatoms. The van der Waals surface area contributed by atoms with E-state index in [0.717, 1.165) is 18.6 Å². The van der Waals surface area contributed by atoms with E-state index >= 15 is 0 Å². The lowest BCUT2D eigenvalue weighted by molar-refractivity contribution is 0.121. The fraction of sp³-hybridized carbons (Fsp3) is 0.400. The van der Waals surface area contributed by atoms with Crippen LogP contribution in [0.15, 0.2) is 18.3 Å². The van der Waals surface area contributed by atoms with Crippen LogP contribution in [0.3, 0.4) is 0 Å². The molecule has 13 heavy (non-hydrogen) atoms. The first-order valence-electron chi connectivity index (χ1n) is 4.29. The van der Waals surface area contributed by atoms with E-state index in [1.165, 1.54) is 0 Å². The van der Waals surface area contributed by atoms with Crippen molar-refractivity contribution >= 4 is 0 Å². The fourth-order valence-corrected chi connectivity index (χ4v) is 0.960. The summed E-state index contributed by atoms with van der Waals surface area (Å²) in [7, 11) is 0. The van der Waals surface area contributed by atoms with Gasteiger partial charge in [0.25, 0.3) is 0 Å². The van der Waals surface area contributed by atoms with Gasteiger partial charge in [-0.05, 0) is 24.1 Å². The number of ether oxygens (including phenoxy) is 1. The van der Waals surface area contributed by atoms with Crippen LogP contribution in [-0.2, 0) is 11.3 Å². The van der Waals surface area contributed by atoms with Crippen LogP contribution in [0, 0.1) is 11.3 Å². The quantitative estimate of drug-likeness (QED) is 0.658. The molecule has 0 unspecified atom stereocenters.